The van der Waals surface area contributed by atoms with Crippen LogP contribution in [0.4, 0.5) is 5.82 Å². The Balaban J connectivity index is 1.77. The molecule has 0 fully saturated rings. The van der Waals surface area contributed by atoms with Crippen molar-refractivity contribution in [1.29, 1.82) is 0 Å². The van der Waals surface area contributed by atoms with Gasteiger partial charge in [-0.05, 0) is 30.0 Å². The van der Waals surface area contributed by atoms with Crippen LogP contribution < -0.4 is 5.32 Å². The number of anilines is 1. The summed E-state index contributed by atoms with van der Waals surface area (Å²) in [6.45, 7) is 2.10. The lowest BCUT2D eigenvalue weighted by atomic mass is 10.1. The highest BCUT2D eigenvalue weighted by atomic mass is 16.1. The summed E-state index contributed by atoms with van der Waals surface area (Å²) < 4.78 is 0. The lowest BCUT2D eigenvalue weighted by molar-refractivity contribution is 0.102. The summed E-state index contributed by atoms with van der Waals surface area (Å²) in [6.07, 6.45) is 3.83. The molecular formula is C15H16N4O. The predicted molar refractivity (Wildman–Crippen MR) is 78.8 cm³/mol. The van der Waals surface area contributed by atoms with Gasteiger partial charge >= 0.3 is 0 Å². The van der Waals surface area contributed by atoms with Gasteiger partial charge in [-0.15, -0.1) is 0 Å². The van der Waals surface area contributed by atoms with Crippen molar-refractivity contribution in [3.8, 4) is 0 Å². The summed E-state index contributed by atoms with van der Waals surface area (Å²) in [5.41, 5.74) is 2.59. The molecule has 3 rings (SSSR count). The molecule has 0 saturated heterocycles. The number of fused-ring (bicyclic) bond motifs is 1. The molecule has 0 spiro atoms. The zero-order chi connectivity index (χ0) is 13.9. The van der Waals surface area contributed by atoms with Crippen molar-refractivity contribution in [3.05, 3.63) is 47.8 Å². The molecule has 0 aliphatic rings. The van der Waals surface area contributed by atoms with Gasteiger partial charge in [-0.3, -0.25) is 9.89 Å². The van der Waals surface area contributed by atoms with Crippen LogP contribution in [0.5, 0.6) is 0 Å². The average Bonchev–Trinajstić information content (AvgIpc) is 3.07. The van der Waals surface area contributed by atoms with Gasteiger partial charge in [0.2, 0.25) is 0 Å². The maximum atomic E-state index is 12.2. The number of aryl methyl sites for hydroxylation is 1. The van der Waals surface area contributed by atoms with Crippen molar-refractivity contribution < 1.29 is 4.79 Å². The van der Waals surface area contributed by atoms with Gasteiger partial charge in [-0.25, -0.2) is 0 Å². The van der Waals surface area contributed by atoms with E-state index in [1.54, 1.807) is 0 Å². The summed E-state index contributed by atoms with van der Waals surface area (Å²) in [6, 6.07) is 9.42. The number of H-pyrrole nitrogens is 2. The lowest BCUT2D eigenvalue weighted by Gasteiger charge is -2.01. The van der Waals surface area contributed by atoms with Crippen LogP contribution in [0.3, 0.4) is 0 Å². The third-order valence-electron chi connectivity index (χ3n) is 3.21. The van der Waals surface area contributed by atoms with Crippen molar-refractivity contribution in [2.45, 2.75) is 19.8 Å². The number of carbonyl (C=O) groups is 1. The molecule has 1 aromatic carbocycles. The van der Waals surface area contributed by atoms with E-state index in [9.17, 15) is 4.79 Å². The van der Waals surface area contributed by atoms with Crippen LogP contribution >= 0.6 is 0 Å². The van der Waals surface area contributed by atoms with E-state index >= 15 is 0 Å². The molecule has 1 amide bonds. The van der Waals surface area contributed by atoms with Crippen LogP contribution in [0.15, 0.2) is 36.5 Å². The van der Waals surface area contributed by atoms with E-state index in [4.69, 9.17) is 0 Å². The second kappa shape index (κ2) is 5.21. The number of nitrogens with one attached hydrogen (secondary N) is 3. The number of hydrogen-bond acceptors (Lipinski definition) is 2. The maximum absolute atomic E-state index is 12.2. The highest BCUT2D eigenvalue weighted by molar-refractivity contribution is 6.05. The molecule has 0 radical (unpaired) electrons. The highest BCUT2D eigenvalue weighted by Crippen LogP contribution is 2.15. The number of carbonyl (C=O) groups excluding carboxylic acids is 1. The van der Waals surface area contributed by atoms with Crippen LogP contribution in [-0.4, -0.2) is 21.1 Å². The molecule has 102 valence electrons. The molecular weight excluding hydrogens is 252 g/mol. The van der Waals surface area contributed by atoms with E-state index in [0.717, 1.165) is 29.4 Å². The summed E-state index contributed by atoms with van der Waals surface area (Å²) >= 11 is 0. The molecule has 0 aliphatic heterocycles. The monoisotopic (exact) mass is 268 g/mol. The van der Waals surface area contributed by atoms with Crippen molar-refractivity contribution in [2.75, 3.05) is 5.32 Å². The van der Waals surface area contributed by atoms with Crippen molar-refractivity contribution in [3.63, 3.8) is 0 Å². The molecule has 0 saturated carbocycles. The van der Waals surface area contributed by atoms with Crippen LogP contribution in [0.1, 0.15) is 29.4 Å². The first-order valence-corrected chi connectivity index (χ1v) is 6.69. The smallest absolute Gasteiger partial charge is 0.256 e. The van der Waals surface area contributed by atoms with E-state index in [-0.39, 0.29) is 5.91 Å². The Labute approximate surface area is 116 Å². The third-order valence-corrected chi connectivity index (χ3v) is 3.21. The largest absolute Gasteiger partial charge is 0.361 e. The number of benzene rings is 1. The van der Waals surface area contributed by atoms with Gasteiger partial charge in [-0.1, -0.05) is 19.4 Å². The maximum Gasteiger partial charge on any atom is 0.256 e. The van der Waals surface area contributed by atoms with Gasteiger partial charge < -0.3 is 10.3 Å². The quantitative estimate of drug-likeness (QED) is 0.680. The highest BCUT2D eigenvalue weighted by Gasteiger charge is 2.09. The van der Waals surface area contributed by atoms with Crippen LogP contribution in [-0.2, 0) is 6.42 Å². The molecule has 2 aromatic heterocycles. The van der Waals surface area contributed by atoms with Gasteiger partial charge in [-0.2, -0.15) is 5.10 Å². The minimum atomic E-state index is -0.156. The number of hydrogen-bond donors (Lipinski definition) is 3. The van der Waals surface area contributed by atoms with Crippen LogP contribution in [0.25, 0.3) is 10.9 Å². The fourth-order valence-corrected chi connectivity index (χ4v) is 2.20. The van der Waals surface area contributed by atoms with Crippen LogP contribution in [0, 0.1) is 0 Å². The Morgan fingerprint density at radius 2 is 2.20 bits per heavy atom. The Morgan fingerprint density at radius 1 is 1.30 bits per heavy atom. The predicted octanol–water partition coefficient (Wildman–Crippen LogP) is 3.10. The molecule has 3 N–H and O–H groups in total. The van der Waals surface area contributed by atoms with Crippen LogP contribution in [0.2, 0.25) is 0 Å². The topological polar surface area (TPSA) is 73.6 Å². The van der Waals surface area contributed by atoms with E-state index in [1.165, 1.54) is 0 Å². The first kappa shape index (κ1) is 12.5. The summed E-state index contributed by atoms with van der Waals surface area (Å²) in [4.78, 5) is 15.3. The number of nitrogens with zero attached hydrogens (tertiary/aromatic N) is 1. The molecule has 0 aliphatic carbocycles. The summed E-state index contributed by atoms with van der Waals surface area (Å²) in [7, 11) is 0. The molecule has 20 heavy (non-hydrogen) atoms. The first-order valence-electron chi connectivity index (χ1n) is 6.69. The molecule has 0 bridgehead atoms. The van der Waals surface area contributed by atoms with E-state index < -0.39 is 0 Å². The molecule has 5 nitrogen and oxygen atoms in total. The first-order chi connectivity index (χ1) is 9.76. The van der Waals surface area contributed by atoms with E-state index in [2.05, 4.69) is 27.4 Å². The van der Waals surface area contributed by atoms with Gasteiger partial charge in [0, 0.05) is 29.0 Å². The van der Waals surface area contributed by atoms with Crippen molar-refractivity contribution in [1.82, 2.24) is 15.2 Å². The number of amides is 1. The minimum Gasteiger partial charge on any atom is -0.361 e. The van der Waals surface area contributed by atoms with E-state index in [1.807, 2.05) is 36.5 Å². The average molecular weight is 268 g/mol. The van der Waals surface area contributed by atoms with Gasteiger partial charge in [0.05, 0.1) is 0 Å². The minimum absolute atomic E-state index is 0.156. The van der Waals surface area contributed by atoms with Crippen molar-refractivity contribution in [2.24, 2.45) is 0 Å². The van der Waals surface area contributed by atoms with Gasteiger partial charge in [0.1, 0.15) is 0 Å². The van der Waals surface area contributed by atoms with E-state index in [0.29, 0.717) is 11.4 Å². The standard InChI is InChI=1S/C15H16N4O/c1-2-3-12-9-14(19-18-12)17-15(20)11-5-4-10-6-7-16-13(10)8-11/h4-9,16H,2-3H2,1H3,(H2,17,18,19,20). The second-order valence-corrected chi connectivity index (χ2v) is 4.76. The third kappa shape index (κ3) is 2.42. The zero-order valence-electron chi connectivity index (χ0n) is 11.2. The fourth-order valence-electron chi connectivity index (χ4n) is 2.20. The van der Waals surface area contributed by atoms with Crippen molar-refractivity contribution >= 4 is 22.6 Å². The second-order valence-electron chi connectivity index (χ2n) is 4.76. The number of aromatic nitrogens is 3. The van der Waals surface area contributed by atoms with Gasteiger partial charge in [0.25, 0.3) is 5.91 Å². The summed E-state index contributed by atoms with van der Waals surface area (Å²) in [5, 5.41) is 10.9. The number of rotatable bonds is 4. The molecule has 3 aromatic rings. The Hall–Kier alpha value is -2.56. The molecule has 5 heteroatoms. The lowest BCUT2D eigenvalue weighted by Crippen LogP contribution is -2.11. The van der Waals surface area contributed by atoms with Gasteiger partial charge in [0.15, 0.2) is 5.82 Å². The Bertz CT molecular complexity index is 741. The summed E-state index contributed by atoms with van der Waals surface area (Å²) in [5.74, 6) is 0.404. The molecule has 2 heterocycles. The molecule has 0 atom stereocenters. The normalized spacial score (nSPS) is 10.8. The Kier molecular flexibility index (Phi) is 3.25. The Morgan fingerprint density at radius 3 is 3.05 bits per heavy atom. The fraction of sp³-hybridized carbons (Fsp3) is 0.200. The SMILES string of the molecule is CCCc1cc(NC(=O)c2ccc3cc[nH]c3c2)n[nH]1. The molecule has 0 unspecified atom stereocenters. The number of aromatic amines is 2. The zero-order valence-corrected chi connectivity index (χ0v) is 11.2.